The van der Waals surface area contributed by atoms with E-state index in [0.717, 1.165) is 24.0 Å². The molecule has 0 saturated heterocycles. The van der Waals surface area contributed by atoms with Crippen LogP contribution in [0.15, 0.2) is 146 Å². The van der Waals surface area contributed by atoms with Gasteiger partial charge in [0, 0.05) is 15.8 Å². The molecule has 0 heterocycles. The molecule has 266 valence electrons. The molecule has 0 spiro atoms. The molecule has 0 radical (unpaired) electrons. The van der Waals surface area contributed by atoms with Gasteiger partial charge in [-0.2, -0.15) is 0 Å². The Morgan fingerprint density at radius 1 is 0.442 bits per heavy atom. The van der Waals surface area contributed by atoms with E-state index in [4.69, 9.17) is 12.8 Å². The molecule has 2 atom stereocenters. The van der Waals surface area contributed by atoms with Crippen LogP contribution >= 0.6 is 15.8 Å². The maximum absolute atomic E-state index is 7.14. The molecule has 0 amide bonds. The predicted octanol–water partition coefficient (Wildman–Crippen LogP) is 10.5. The van der Waals surface area contributed by atoms with Crippen molar-refractivity contribution in [3.8, 4) is 34.1 Å². The van der Waals surface area contributed by atoms with Gasteiger partial charge in [0.2, 0.25) is 0 Å². The maximum atomic E-state index is 7.14. The molecule has 8 rings (SSSR count). The van der Waals surface area contributed by atoms with Gasteiger partial charge in [0.25, 0.3) is 0 Å². The molecule has 2 unspecified atom stereocenters. The smallest absolute Gasteiger partial charge is 0.366 e. The summed E-state index contributed by atoms with van der Waals surface area (Å²) in [5.74, 6) is 4.87. The molecule has 0 fully saturated rings. The normalized spacial score (nSPS) is 12.1. The first-order chi connectivity index (χ1) is 24.5. The minimum absolute atomic E-state index is 0. The standard InChI is InChI=1S/C18H24P2.2C15H9.2Au/c1-19(17-11-5-3-6-12-17)15-9-10-16-20(2)18-13-7-4-8-14-18;2*1-2-11-7-8-13-10-12-5-3-4-6-14(12)15(13)9-11;;/h3-8,11-14H,9-10,15-16H2,1-2H3;2*3-9H,10H2;;/q;2*-1;2*+1/p+2. The van der Waals surface area contributed by atoms with Gasteiger partial charge < -0.3 is 12.8 Å². The summed E-state index contributed by atoms with van der Waals surface area (Å²) >= 11 is 0. The topological polar surface area (TPSA) is 0 Å². The fourth-order valence-corrected chi connectivity index (χ4v) is 10.6. The molecular weight excluding hydrogens is 1030 g/mol. The first-order valence-corrected chi connectivity index (χ1v) is 22.0. The maximum Gasteiger partial charge on any atom is 1.00 e. The Kier molecular flexibility index (Phi) is 16.7. The Morgan fingerprint density at radius 3 is 1.17 bits per heavy atom. The number of rotatable bonds is 7. The minimum Gasteiger partial charge on any atom is -0.366 e. The molecule has 0 N–H and O–H groups in total. The van der Waals surface area contributed by atoms with Gasteiger partial charge in [0.1, 0.15) is 0 Å². The van der Waals surface area contributed by atoms with Crippen LogP contribution in [0, 0.1) is 24.7 Å². The van der Waals surface area contributed by atoms with Crippen molar-refractivity contribution in [1.29, 1.82) is 0 Å². The van der Waals surface area contributed by atoms with Crippen LogP contribution in [0.2, 0.25) is 0 Å². The molecule has 0 aromatic heterocycles. The zero-order chi connectivity index (χ0) is 34.7. The molecule has 0 bridgehead atoms. The van der Waals surface area contributed by atoms with Crippen molar-refractivity contribution in [1.82, 2.24) is 0 Å². The van der Waals surface area contributed by atoms with Crippen LogP contribution in [0.3, 0.4) is 0 Å². The van der Waals surface area contributed by atoms with Gasteiger partial charge in [-0.15, -0.1) is 35.4 Å². The van der Waals surface area contributed by atoms with E-state index in [1.807, 2.05) is 24.3 Å². The van der Waals surface area contributed by atoms with Gasteiger partial charge in [-0.1, -0.05) is 97.1 Å². The van der Waals surface area contributed by atoms with Crippen molar-refractivity contribution in [2.24, 2.45) is 0 Å². The van der Waals surface area contributed by atoms with E-state index in [-0.39, 0.29) is 60.6 Å². The predicted molar refractivity (Wildman–Crippen MR) is 221 cm³/mol. The van der Waals surface area contributed by atoms with E-state index >= 15 is 0 Å². The van der Waals surface area contributed by atoms with Crippen LogP contribution < -0.4 is 10.6 Å². The van der Waals surface area contributed by atoms with Crippen LogP contribution in [-0.2, 0) is 57.6 Å². The van der Waals surface area contributed by atoms with E-state index in [1.54, 1.807) is 10.6 Å². The third-order valence-corrected chi connectivity index (χ3v) is 14.6. The average Bonchev–Trinajstić information content (AvgIpc) is 3.75. The van der Waals surface area contributed by atoms with E-state index in [1.165, 1.54) is 69.7 Å². The summed E-state index contributed by atoms with van der Waals surface area (Å²) in [6, 6.07) is 51.3. The molecule has 52 heavy (non-hydrogen) atoms. The van der Waals surface area contributed by atoms with E-state index in [0.29, 0.717) is 0 Å². The van der Waals surface area contributed by atoms with Crippen molar-refractivity contribution in [3.63, 3.8) is 0 Å². The minimum atomic E-state index is -0.318. The Morgan fingerprint density at radius 2 is 0.788 bits per heavy atom. The summed E-state index contributed by atoms with van der Waals surface area (Å²) in [5.41, 5.74) is 12.3. The van der Waals surface area contributed by atoms with Crippen molar-refractivity contribution in [2.75, 3.05) is 25.7 Å². The first kappa shape index (κ1) is 41.5. The largest absolute Gasteiger partial charge is 1.00 e. The number of hydrogen-bond donors (Lipinski definition) is 0. The Bertz CT molecular complexity index is 1970. The second kappa shape index (κ2) is 20.9. The van der Waals surface area contributed by atoms with Crippen molar-refractivity contribution in [3.05, 3.63) is 192 Å². The summed E-state index contributed by atoms with van der Waals surface area (Å²) < 4.78 is 0. The molecule has 4 heteroatoms. The molecule has 2 aliphatic carbocycles. The van der Waals surface area contributed by atoms with Crippen LogP contribution in [0.5, 0.6) is 0 Å². The zero-order valence-electron chi connectivity index (χ0n) is 29.7. The molecule has 0 aliphatic heterocycles. The number of fused-ring (bicyclic) bond motifs is 6. The van der Waals surface area contributed by atoms with Gasteiger partial charge in [0.05, 0.1) is 36.3 Å². The fraction of sp³-hybridized carbons (Fsp3) is 0.167. The number of benzene rings is 6. The molecular formula is C48H44Au2P2+2. The first-order valence-electron chi connectivity index (χ1n) is 17.6. The molecule has 0 saturated carbocycles. The molecule has 6 aromatic carbocycles. The summed E-state index contributed by atoms with van der Waals surface area (Å²) in [6.07, 6.45) is 21.9. The van der Waals surface area contributed by atoms with Gasteiger partial charge in [-0.25, -0.2) is 0 Å². The molecule has 2 aliphatic rings. The van der Waals surface area contributed by atoms with Crippen LogP contribution in [0.4, 0.5) is 0 Å². The van der Waals surface area contributed by atoms with Crippen molar-refractivity contribution < 1.29 is 44.8 Å². The Hall–Kier alpha value is -3.22. The second-order valence-electron chi connectivity index (χ2n) is 13.2. The van der Waals surface area contributed by atoms with E-state index < -0.39 is 0 Å². The number of hydrogen-bond acceptors (Lipinski definition) is 0. The number of unbranched alkanes of at least 4 members (excludes halogenated alkanes) is 1. The van der Waals surface area contributed by atoms with E-state index in [9.17, 15) is 0 Å². The van der Waals surface area contributed by atoms with Gasteiger partial charge in [-0.05, 0) is 94.5 Å². The van der Waals surface area contributed by atoms with Crippen LogP contribution in [0.1, 0.15) is 46.2 Å². The summed E-state index contributed by atoms with van der Waals surface area (Å²) in [5, 5.41) is 3.17. The van der Waals surface area contributed by atoms with E-state index in [2.05, 4.69) is 146 Å². The van der Waals surface area contributed by atoms with Gasteiger partial charge in [-0.3, -0.25) is 11.8 Å². The molecule has 6 aromatic rings. The summed E-state index contributed by atoms with van der Waals surface area (Å²) in [7, 11) is -0.635. The Labute approximate surface area is 345 Å². The molecule has 0 nitrogen and oxygen atoms in total. The zero-order valence-corrected chi connectivity index (χ0v) is 36.0. The van der Waals surface area contributed by atoms with Crippen LogP contribution in [-0.4, -0.2) is 25.7 Å². The van der Waals surface area contributed by atoms with Gasteiger partial charge >= 0.3 is 44.8 Å². The van der Waals surface area contributed by atoms with Gasteiger partial charge in [0.15, 0.2) is 0 Å². The van der Waals surface area contributed by atoms with Crippen molar-refractivity contribution in [2.45, 2.75) is 25.7 Å². The van der Waals surface area contributed by atoms with Crippen LogP contribution in [0.25, 0.3) is 22.3 Å². The third-order valence-electron chi connectivity index (χ3n) is 9.77. The fourth-order valence-electron chi connectivity index (χ4n) is 6.92. The quantitative estimate of drug-likeness (QED) is 0.0491. The average molecular weight is 1080 g/mol. The second-order valence-corrected chi connectivity index (χ2v) is 18.4. The van der Waals surface area contributed by atoms with Crippen molar-refractivity contribution >= 4 is 26.5 Å². The summed E-state index contributed by atoms with van der Waals surface area (Å²) in [4.78, 5) is 0. The third kappa shape index (κ3) is 10.7. The monoisotopic (exact) mass is 1080 g/mol. The Balaban J connectivity index is 0.000000173. The SMILES string of the molecule is C[PH+](CCCC[PH+](C)c1ccccc1)c1ccccc1.[Au+].[Au+].[C-]#Cc1ccc2c(c1)-c1ccccc1C2.[C-]#Cc1ccc2c(c1)-c1ccccc1C2. The summed E-state index contributed by atoms with van der Waals surface area (Å²) in [6.45, 7) is 4.91.